The van der Waals surface area contributed by atoms with Crippen molar-refractivity contribution in [3.8, 4) is 5.75 Å². The minimum absolute atomic E-state index is 0.0900. The number of aryl methyl sites for hydroxylation is 1. The second-order valence-electron chi connectivity index (χ2n) is 9.47. The molecule has 0 aliphatic carbocycles. The van der Waals surface area contributed by atoms with E-state index in [0.717, 1.165) is 74.7 Å². The number of halogens is 2. The van der Waals surface area contributed by atoms with E-state index in [9.17, 15) is 9.59 Å². The van der Waals surface area contributed by atoms with Gasteiger partial charge in [-0.25, -0.2) is 0 Å². The predicted molar refractivity (Wildman–Crippen MR) is 148 cm³/mol. The third-order valence-electron chi connectivity index (χ3n) is 7.03. The third-order valence-corrected chi connectivity index (χ3v) is 7.84. The molecule has 0 aromatic heterocycles. The van der Waals surface area contributed by atoms with Crippen LogP contribution in [-0.4, -0.2) is 69.8 Å². The summed E-state index contributed by atoms with van der Waals surface area (Å²) in [6.07, 6.45) is 4.11. The van der Waals surface area contributed by atoms with E-state index >= 15 is 0 Å². The van der Waals surface area contributed by atoms with Gasteiger partial charge in [0.05, 0.1) is 35.1 Å². The smallest absolute Gasteiger partial charge is 0.305 e. The van der Waals surface area contributed by atoms with Crippen molar-refractivity contribution in [2.45, 2.75) is 38.5 Å². The summed E-state index contributed by atoms with van der Waals surface area (Å²) >= 11 is 12.6. The third kappa shape index (κ3) is 7.30. The van der Waals surface area contributed by atoms with Crippen LogP contribution in [-0.2, 0) is 20.7 Å². The second kappa shape index (κ2) is 13.4. The van der Waals surface area contributed by atoms with Gasteiger partial charge in [0, 0.05) is 51.6 Å². The van der Waals surface area contributed by atoms with Crippen molar-refractivity contribution >= 4 is 46.5 Å². The molecule has 2 aromatic rings. The summed E-state index contributed by atoms with van der Waals surface area (Å²) in [6.45, 7) is 6.02. The first-order valence-corrected chi connectivity index (χ1v) is 13.8. The Morgan fingerprint density at radius 3 is 2.54 bits per heavy atom. The van der Waals surface area contributed by atoms with Crippen LogP contribution in [0.2, 0.25) is 10.0 Å². The van der Waals surface area contributed by atoms with Gasteiger partial charge in [-0.3, -0.25) is 14.5 Å². The normalized spacial score (nSPS) is 16.0. The van der Waals surface area contributed by atoms with E-state index in [-0.39, 0.29) is 11.9 Å². The predicted octanol–water partition coefficient (Wildman–Crippen LogP) is 5.21. The maximum Gasteiger partial charge on any atom is 0.305 e. The van der Waals surface area contributed by atoms with Crippen LogP contribution in [0.3, 0.4) is 0 Å². The SMILES string of the molecule is COC(=O)CCCN1C(=O)CCc2ccc(OCCCCN3CCN(c4cccc(Cl)c4Cl)CC3)cc21. The number of nitrogens with zero attached hydrogens (tertiary/aromatic N) is 3. The van der Waals surface area contributed by atoms with Crippen LogP contribution < -0.4 is 14.5 Å². The van der Waals surface area contributed by atoms with Crippen molar-refractivity contribution in [1.29, 1.82) is 0 Å². The lowest BCUT2D eigenvalue weighted by Crippen LogP contribution is -2.46. The number of carbonyl (C=O) groups is 2. The summed E-state index contributed by atoms with van der Waals surface area (Å²) in [4.78, 5) is 30.5. The second-order valence-corrected chi connectivity index (χ2v) is 10.3. The highest BCUT2D eigenvalue weighted by molar-refractivity contribution is 6.43. The van der Waals surface area contributed by atoms with Crippen molar-refractivity contribution in [3.05, 3.63) is 52.0 Å². The molecular weight excluding hydrogens is 513 g/mol. The molecule has 2 aliphatic rings. The number of hydrogen-bond acceptors (Lipinski definition) is 6. The molecule has 2 aliphatic heterocycles. The topological polar surface area (TPSA) is 62.3 Å². The molecule has 0 atom stereocenters. The minimum atomic E-state index is -0.255. The number of anilines is 2. The largest absolute Gasteiger partial charge is 0.494 e. The first-order valence-electron chi connectivity index (χ1n) is 13.0. The Labute approximate surface area is 229 Å². The highest BCUT2D eigenvalue weighted by atomic mass is 35.5. The lowest BCUT2D eigenvalue weighted by Gasteiger charge is -2.36. The molecule has 2 aromatic carbocycles. The Hall–Kier alpha value is -2.48. The Morgan fingerprint density at radius 2 is 1.76 bits per heavy atom. The molecular formula is C28H35Cl2N3O4. The molecule has 0 radical (unpaired) electrons. The van der Waals surface area contributed by atoms with E-state index in [4.69, 9.17) is 32.7 Å². The van der Waals surface area contributed by atoms with E-state index in [1.54, 1.807) is 4.90 Å². The van der Waals surface area contributed by atoms with Crippen molar-refractivity contribution in [3.63, 3.8) is 0 Å². The van der Waals surface area contributed by atoms with Gasteiger partial charge in [-0.2, -0.15) is 0 Å². The first kappa shape index (κ1) is 27.6. The zero-order chi connectivity index (χ0) is 26.2. The zero-order valence-corrected chi connectivity index (χ0v) is 22.9. The van der Waals surface area contributed by atoms with Crippen molar-refractivity contribution in [2.75, 3.05) is 62.8 Å². The van der Waals surface area contributed by atoms with Crippen LogP contribution in [0.25, 0.3) is 0 Å². The molecule has 0 bridgehead atoms. The molecule has 0 N–H and O–H groups in total. The van der Waals surface area contributed by atoms with Crippen LogP contribution in [0.1, 0.15) is 37.7 Å². The number of hydrogen-bond donors (Lipinski definition) is 0. The lowest BCUT2D eigenvalue weighted by atomic mass is 10.0. The Morgan fingerprint density at radius 1 is 0.946 bits per heavy atom. The fourth-order valence-electron chi connectivity index (χ4n) is 4.91. The van der Waals surface area contributed by atoms with E-state index in [1.807, 2.05) is 30.3 Å². The van der Waals surface area contributed by atoms with Crippen molar-refractivity contribution < 1.29 is 19.1 Å². The number of unbranched alkanes of at least 4 members (excludes halogenated alkanes) is 1. The summed E-state index contributed by atoms with van der Waals surface area (Å²) in [5, 5.41) is 1.23. The molecule has 0 spiro atoms. The van der Waals surface area contributed by atoms with Gasteiger partial charge < -0.3 is 19.3 Å². The summed E-state index contributed by atoms with van der Waals surface area (Å²) in [5.74, 6) is 0.611. The van der Waals surface area contributed by atoms with Gasteiger partial charge in [0.1, 0.15) is 5.75 Å². The van der Waals surface area contributed by atoms with Gasteiger partial charge in [-0.1, -0.05) is 35.3 Å². The van der Waals surface area contributed by atoms with Crippen LogP contribution in [0.4, 0.5) is 11.4 Å². The average Bonchev–Trinajstić information content (AvgIpc) is 2.91. The molecule has 1 amide bonds. The number of carbonyl (C=O) groups excluding carboxylic acids is 2. The van der Waals surface area contributed by atoms with Gasteiger partial charge in [-0.15, -0.1) is 0 Å². The highest BCUT2D eigenvalue weighted by Gasteiger charge is 2.25. The number of esters is 1. The van der Waals surface area contributed by atoms with E-state index in [0.29, 0.717) is 42.5 Å². The van der Waals surface area contributed by atoms with Crippen LogP contribution in [0.5, 0.6) is 5.75 Å². The average molecular weight is 549 g/mol. The Bertz CT molecular complexity index is 1090. The number of fused-ring (bicyclic) bond motifs is 1. The van der Waals surface area contributed by atoms with E-state index in [2.05, 4.69) is 15.9 Å². The fourth-order valence-corrected chi connectivity index (χ4v) is 5.33. The Balaban J connectivity index is 1.19. The molecule has 9 heteroatoms. The van der Waals surface area contributed by atoms with Gasteiger partial charge in [0.25, 0.3) is 0 Å². The summed E-state index contributed by atoms with van der Waals surface area (Å²) in [7, 11) is 1.38. The standard InChI is InChI=1S/C28H35Cl2N3O4/c1-36-27(35)8-5-14-33-25-20-22(11-9-21(25)10-12-26(33)34)37-19-3-2-13-31-15-17-32(18-16-31)24-7-4-6-23(29)28(24)30/h4,6-7,9,11,20H,2-3,5,8,10,12-19H2,1H3. The minimum Gasteiger partial charge on any atom is -0.494 e. The number of ether oxygens (including phenoxy) is 2. The highest BCUT2D eigenvalue weighted by Crippen LogP contribution is 2.33. The molecule has 200 valence electrons. The van der Waals surface area contributed by atoms with Gasteiger partial charge in [-0.05, 0) is 56.0 Å². The fraction of sp³-hybridized carbons (Fsp3) is 0.500. The van der Waals surface area contributed by atoms with Crippen LogP contribution in [0.15, 0.2) is 36.4 Å². The zero-order valence-electron chi connectivity index (χ0n) is 21.4. The molecule has 4 rings (SSSR count). The van der Waals surface area contributed by atoms with Crippen LogP contribution >= 0.6 is 23.2 Å². The maximum absolute atomic E-state index is 12.5. The molecule has 2 heterocycles. The van der Waals surface area contributed by atoms with Crippen molar-refractivity contribution in [2.24, 2.45) is 0 Å². The van der Waals surface area contributed by atoms with Gasteiger partial charge in [0.15, 0.2) is 0 Å². The van der Waals surface area contributed by atoms with E-state index in [1.165, 1.54) is 7.11 Å². The number of piperazine rings is 1. The van der Waals surface area contributed by atoms with Crippen LogP contribution in [0, 0.1) is 0 Å². The number of amides is 1. The molecule has 37 heavy (non-hydrogen) atoms. The summed E-state index contributed by atoms with van der Waals surface area (Å²) in [5.41, 5.74) is 3.05. The molecule has 7 nitrogen and oxygen atoms in total. The maximum atomic E-state index is 12.5. The summed E-state index contributed by atoms with van der Waals surface area (Å²) in [6, 6.07) is 11.8. The quantitative estimate of drug-likeness (QED) is 0.284. The van der Waals surface area contributed by atoms with Gasteiger partial charge in [0.2, 0.25) is 5.91 Å². The van der Waals surface area contributed by atoms with Crippen molar-refractivity contribution in [1.82, 2.24) is 4.90 Å². The molecule has 0 saturated carbocycles. The molecule has 0 unspecified atom stereocenters. The monoisotopic (exact) mass is 547 g/mol. The first-order chi connectivity index (χ1) is 18.0. The summed E-state index contributed by atoms with van der Waals surface area (Å²) < 4.78 is 10.8. The number of rotatable bonds is 11. The molecule has 1 fully saturated rings. The Kier molecular flexibility index (Phi) is 9.95. The molecule has 1 saturated heterocycles. The van der Waals surface area contributed by atoms with Gasteiger partial charge >= 0.3 is 5.97 Å². The number of benzene rings is 2. The number of methoxy groups -OCH3 is 1. The lowest BCUT2D eigenvalue weighted by molar-refractivity contribution is -0.140. The van der Waals surface area contributed by atoms with E-state index < -0.39 is 0 Å².